The fraction of sp³-hybridized carbons (Fsp3) is 0.333. The van der Waals surface area contributed by atoms with E-state index in [1.807, 2.05) is 30.3 Å². The molecule has 0 fully saturated rings. The number of hydrogen-bond acceptors (Lipinski definition) is 6. The van der Waals surface area contributed by atoms with Gasteiger partial charge < -0.3 is 14.4 Å². The number of ether oxygens (including phenoxy) is 2. The van der Waals surface area contributed by atoms with Gasteiger partial charge in [-0.2, -0.15) is 0 Å². The molecule has 4 rings (SSSR count). The molecule has 0 N–H and O–H groups in total. The lowest BCUT2D eigenvalue weighted by molar-refractivity contribution is 0.0951. The van der Waals surface area contributed by atoms with Crippen LogP contribution < -0.4 is 14.4 Å². The first-order chi connectivity index (χ1) is 11.8. The zero-order valence-electron chi connectivity index (χ0n) is 13.5. The molecule has 0 bridgehead atoms. The van der Waals surface area contributed by atoms with Gasteiger partial charge in [-0.3, -0.25) is 0 Å². The van der Waals surface area contributed by atoms with Gasteiger partial charge in [0, 0.05) is 6.54 Å². The fourth-order valence-electron chi connectivity index (χ4n) is 2.95. The van der Waals surface area contributed by atoms with Crippen molar-refractivity contribution >= 4 is 27.4 Å². The Morgan fingerprint density at radius 3 is 2.96 bits per heavy atom. The Balaban J connectivity index is 1.57. The summed E-state index contributed by atoms with van der Waals surface area (Å²) in [5, 5.41) is 2.06. The van der Waals surface area contributed by atoms with Crippen LogP contribution in [0.5, 0.6) is 11.5 Å². The normalized spacial score (nSPS) is 16.3. The average Bonchev–Trinajstić information content (AvgIpc) is 3.10. The Morgan fingerprint density at radius 1 is 1.21 bits per heavy atom. The highest BCUT2D eigenvalue weighted by Gasteiger charge is 2.24. The standard InChI is InChI=1S/C18H19N3O2S/c1-2-8-21(18-17-14(7-9-24-17)19-12-20-18)10-13-11-22-15-5-3-4-6-16(15)23-13/h3-7,9,12-13H,2,8,10-11H2,1H3/t13-/m1/s1. The molecule has 0 amide bonds. The highest BCUT2D eigenvalue weighted by molar-refractivity contribution is 7.17. The molecule has 3 aromatic rings. The summed E-state index contributed by atoms with van der Waals surface area (Å²) in [5.41, 5.74) is 0.997. The molecular formula is C18H19N3O2S. The maximum absolute atomic E-state index is 6.12. The first-order valence-electron chi connectivity index (χ1n) is 8.17. The van der Waals surface area contributed by atoms with E-state index in [4.69, 9.17) is 9.47 Å². The van der Waals surface area contributed by atoms with E-state index in [2.05, 4.69) is 27.2 Å². The van der Waals surface area contributed by atoms with E-state index in [0.717, 1.165) is 47.0 Å². The van der Waals surface area contributed by atoms with Crippen molar-refractivity contribution in [2.24, 2.45) is 0 Å². The molecule has 0 spiro atoms. The van der Waals surface area contributed by atoms with E-state index in [1.54, 1.807) is 17.7 Å². The summed E-state index contributed by atoms with van der Waals surface area (Å²) in [6, 6.07) is 9.85. The maximum atomic E-state index is 6.12. The Labute approximate surface area is 144 Å². The van der Waals surface area contributed by atoms with Crippen molar-refractivity contribution in [3.8, 4) is 11.5 Å². The molecule has 1 aliphatic rings. The number of benzene rings is 1. The summed E-state index contributed by atoms with van der Waals surface area (Å²) < 4.78 is 13.1. The van der Waals surface area contributed by atoms with Gasteiger partial charge in [0.2, 0.25) is 0 Å². The van der Waals surface area contributed by atoms with Crippen molar-refractivity contribution in [1.29, 1.82) is 0 Å². The lowest BCUT2D eigenvalue weighted by Gasteiger charge is -2.32. The third kappa shape index (κ3) is 2.89. The second-order valence-electron chi connectivity index (χ2n) is 5.78. The molecule has 124 valence electrons. The predicted octanol–water partition coefficient (Wildman–Crippen LogP) is 3.75. The van der Waals surface area contributed by atoms with Gasteiger partial charge in [0.15, 0.2) is 17.6 Å². The van der Waals surface area contributed by atoms with E-state index in [9.17, 15) is 0 Å². The molecule has 0 saturated carbocycles. The minimum absolute atomic E-state index is 0.0172. The molecule has 1 aromatic carbocycles. The first kappa shape index (κ1) is 15.2. The summed E-state index contributed by atoms with van der Waals surface area (Å²) in [5.74, 6) is 2.62. The third-order valence-electron chi connectivity index (χ3n) is 4.01. The quantitative estimate of drug-likeness (QED) is 0.707. The van der Waals surface area contributed by atoms with E-state index in [1.165, 1.54) is 0 Å². The lowest BCUT2D eigenvalue weighted by atomic mass is 10.2. The molecule has 6 heteroatoms. The van der Waals surface area contributed by atoms with Crippen LogP contribution in [0.4, 0.5) is 5.82 Å². The van der Waals surface area contributed by atoms with Crippen molar-refractivity contribution in [1.82, 2.24) is 9.97 Å². The highest BCUT2D eigenvalue weighted by atomic mass is 32.1. The second-order valence-corrected chi connectivity index (χ2v) is 6.69. The molecule has 0 saturated heterocycles. The Morgan fingerprint density at radius 2 is 2.08 bits per heavy atom. The van der Waals surface area contributed by atoms with Gasteiger partial charge in [0.25, 0.3) is 0 Å². The zero-order chi connectivity index (χ0) is 16.4. The van der Waals surface area contributed by atoms with Crippen LogP contribution >= 0.6 is 11.3 Å². The van der Waals surface area contributed by atoms with Crippen LogP contribution in [0.3, 0.4) is 0 Å². The van der Waals surface area contributed by atoms with E-state index < -0.39 is 0 Å². The number of hydrogen-bond donors (Lipinski definition) is 0. The Bertz CT molecular complexity index is 836. The molecule has 0 unspecified atom stereocenters. The van der Waals surface area contributed by atoms with Gasteiger partial charge in [-0.05, 0) is 30.0 Å². The van der Waals surface area contributed by atoms with Crippen LogP contribution in [-0.4, -0.2) is 35.8 Å². The summed E-state index contributed by atoms with van der Waals surface area (Å²) in [6.45, 7) is 4.39. The average molecular weight is 341 g/mol. The van der Waals surface area contributed by atoms with Crippen LogP contribution in [0.25, 0.3) is 10.2 Å². The Kier molecular flexibility index (Phi) is 4.21. The van der Waals surface area contributed by atoms with Gasteiger partial charge >= 0.3 is 0 Å². The van der Waals surface area contributed by atoms with E-state index >= 15 is 0 Å². The molecule has 1 aliphatic heterocycles. The molecular weight excluding hydrogens is 322 g/mol. The number of para-hydroxylation sites is 2. The predicted molar refractivity (Wildman–Crippen MR) is 96.3 cm³/mol. The van der Waals surface area contributed by atoms with Crippen molar-refractivity contribution < 1.29 is 9.47 Å². The summed E-state index contributed by atoms with van der Waals surface area (Å²) >= 11 is 1.68. The molecule has 0 radical (unpaired) electrons. The van der Waals surface area contributed by atoms with Gasteiger partial charge in [0.1, 0.15) is 18.8 Å². The number of thiophene rings is 1. The van der Waals surface area contributed by atoms with E-state index in [0.29, 0.717) is 6.61 Å². The van der Waals surface area contributed by atoms with Crippen molar-refractivity contribution in [3.05, 3.63) is 42.0 Å². The smallest absolute Gasteiger partial charge is 0.161 e. The second kappa shape index (κ2) is 6.65. The molecule has 3 heterocycles. The number of aromatic nitrogens is 2. The largest absolute Gasteiger partial charge is 0.486 e. The molecule has 0 aliphatic carbocycles. The van der Waals surface area contributed by atoms with Gasteiger partial charge in [0.05, 0.1) is 16.8 Å². The van der Waals surface area contributed by atoms with E-state index in [-0.39, 0.29) is 6.10 Å². The monoisotopic (exact) mass is 341 g/mol. The maximum Gasteiger partial charge on any atom is 0.161 e. The zero-order valence-corrected chi connectivity index (χ0v) is 14.3. The Hall–Kier alpha value is -2.34. The molecule has 1 atom stereocenters. The SMILES string of the molecule is CCCN(C[C@@H]1COc2ccccc2O1)c1ncnc2ccsc12. The minimum Gasteiger partial charge on any atom is -0.486 e. The van der Waals surface area contributed by atoms with Crippen LogP contribution in [-0.2, 0) is 0 Å². The van der Waals surface area contributed by atoms with Crippen molar-refractivity contribution in [2.75, 3.05) is 24.6 Å². The fourth-order valence-corrected chi connectivity index (χ4v) is 3.82. The lowest BCUT2D eigenvalue weighted by Crippen LogP contribution is -2.41. The highest BCUT2D eigenvalue weighted by Crippen LogP contribution is 2.32. The number of anilines is 1. The van der Waals surface area contributed by atoms with Crippen LogP contribution in [0, 0.1) is 0 Å². The number of rotatable bonds is 5. The van der Waals surface area contributed by atoms with Crippen molar-refractivity contribution in [2.45, 2.75) is 19.4 Å². The summed E-state index contributed by atoms with van der Waals surface area (Å²) in [7, 11) is 0. The van der Waals surface area contributed by atoms with Gasteiger partial charge in [-0.25, -0.2) is 9.97 Å². The minimum atomic E-state index is -0.0172. The number of fused-ring (bicyclic) bond motifs is 2. The number of nitrogens with zero attached hydrogens (tertiary/aromatic N) is 3. The summed E-state index contributed by atoms with van der Waals surface area (Å²) in [4.78, 5) is 11.2. The van der Waals surface area contributed by atoms with Crippen LogP contribution in [0.15, 0.2) is 42.0 Å². The molecule has 2 aromatic heterocycles. The molecule has 24 heavy (non-hydrogen) atoms. The third-order valence-corrected chi connectivity index (χ3v) is 4.91. The molecule has 5 nitrogen and oxygen atoms in total. The van der Waals surface area contributed by atoms with Gasteiger partial charge in [-0.15, -0.1) is 11.3 Å². The van der Waals surface area contributed by atoms with Crippen molar-refractivity contribution in [3.63, 3.8) is 0 Å². The topological polar surface area (TPSA) is 47.5 Å². The van der Waals surface area contributed by atoms with Crippen LogP contribution in [0.1, 0.15) is 13.3 Å². The van der Waals surface area contributed by atoms with Crippen LogP contribution in [0.2, 0.25) is 0 Å². The first-order valence-corrected chi connectivity index (χ1v) is 9.04. The summed E-state index contributed by atoms with van der Waals surface area (Å²) in [6.07, 6.45) is 2.66. The van der Waals surface area contributed by atoms with Gasteiger partial charge in [-0.1, -0.05) is 19.1 Å².